The third-order valence-electron chi connectivity index (χ3n) is 2.81. The van der Waals surface area contributed by atoms with Crippen molar-refractivity contribution in [1.29, 1.82) is 0 Å². The van der Waals surface area contributed by atoms with Gasteiger partial charge in [-0.25, -0.2) is 4.79 Å². The molecule has 0 spiro atoms. The lowest BCUT2D eigenvalue weighted by Crippen LogP contribution is -2.41. The average Bonchev–Trinajstić information content (AvgIpc) is 2.36. The first-order chi connectivity index (χ1) is 9.65. The van der Waals surface area contributed by atoms with Crippen LogP contribution in [0.2, 0.25) is 0 Å². The number of nitrogens with two attached hydrogens (primary N) is 1. The third kappa shape index (κ3) is 5.67. The van der Waals surface area contributed by atoms with Crippen LogP contribution in [0.15, 0.2) is 48.1 Å². The van der Waals surface area contributed by atoms with E-state index in [1.807, 2.05) is 6.08 Å². The second-order valence-electron chi connectivity index (χ2n) is 4.40. The van der Waals surface area contributed by atoms with Crippen molar-refractivity contribution in [3.8, 4) is 0 Å². The Kier molecular flexibility index (Phi) is 7.06. The van der Waals surface area contributed by atoms with Gasteiger partial charge in [-0.05, 0) is 38.0 Å². The summed E-state index contributed by atoms with van der Waals surface area (Å²) in [6.07, 6.45) is 14.0. The molecule has 0 aromatic carbocycles. The lowest BCUT2D eigenvalue weighted by atomic mass is 10.1. The summed E-state index contributed by atoms with van der Waals surface area (Å²) in [6.45, 7) is 0.519. The molecule has 0 unspecified atom stereocenters. The van der Waals surface area contributed by atoms with Crippen molar-refractivity contribution in [2.75, 3.05) is 6.54 Å². The minimum Gasteiger partial charge on any atom is -0.480 e. The first-order valence-corrected chi connectivity index (χ1v) is 6.60. The quantitative estimate of drug-likeness (QED) is 0.611. The maximum atomic E-state index is 12.0. The normalized spacial score (nSPS) is 15.2. The van der Waals surface area contributed by atoms with Crippen molar-refractivity contribution in [2.24, 2.45) is 5.73 Å². The zero-order chi connectivity index (χ0) is 14.8. The molecule has 0 aliphatic heterocycles. The summed E-state index contributed by atoms with van der Waals surface area (Å²) in [5, 5.41) is 11.6. The molecule has 4 N–H and O–H groups in total. The molecule has 0 aromatic heterocycles. The van der Waals surface area contributed by atoms with Crippen molar-refractivity contribution in [3.05, 3.63) is 48.1 Å². The number of carboxylic acids is 1. The maximum absolute atomic E-state index is 12.0. The summed E-state index contributed by atoms with van der Waals surface area (Å²) in [7, 11) is 0. The molecule has 1 amide bonds. The summed E-state index contributed by atoms with van der Waals surface area (Å²) >= 11 is 0. The number of carboxylic acid groups (broad SMARTS) is 1. The third-order valence-corrected chi connectivity index (χ3v) is 2.81. The number of hydrogen-bond acceptors (Lipinski definition) is 3. The number of nitrogens with one attached hydrogen (secondary N) is 1. The standard InChI is InChI=1S/C15H20N2O3/c16-11-7-6-10-13(15(19)20)17-14(18)12-8-4-2-1-3-5-9-12/h1-5,8-9,13H,6-7,10-11,16H2,(H,17,18)(H,19,20)/t13-/m0/s1. The van der Waals surface area contributed by atoms with Gasteiger partial charge in [0.2, 0.25) is 0 Å². The van der Waals surface area contributed by atoms with Gasteiger partial charge in [-0.15, -0.1) is 0 Å². The van der Waals surface area contributed by atoms with Gasteiger partial charge in [-0.3, -0.25) is 4.79 Å². The number of carbonyl (C=O) groups excluding carboxylic acids is 1. The molecule has 0 fully saturated rings. The van der Waals surface area contributed by atoms with Crippen molar-refractivity contribution in [3.63, 3.8) is 0 Å². The second kappa shape index (κ2) is 8.87. The SMILES string of the molecule is NCCCC[C@H](NC(=O)C1=CC=CC=CC=C1)C(=O)O. The summed E-state index contributed by atoms with van der Waals surface area (Å²) in [5.41, 5.74) is 5.80. The van der Waals surface area contributed by atoms with Gasteiger partial charge in [0, 0.05) is 5.57 Å². The first-order valence-electron chi connectivity index (χ1n) is 6.60. The minimum absolute atomic E-state index is 0.380. The lowest BCUT2D eigenvalue weighted by molar-refractivity contribution is -0.141. The molecule has 108 valence electrons. The molecule has 0 aromatic rings. The predicted molar refractivity (Wildman–Crippen MR) is 78.0 cm³/mol. The van der Waals surface area contributed by atoms with E-state index in [0.29, 0.717) is 25.0 Å². The summed E-state index contributed by atoms with van der Waals surface area (Å²) < 4.78 is 0. The van der Waals surface area contributed by atoms with Crippen LogP contribution in [0.3, 0.4) is 0 Å². The maximum Gasteiger partial charge on any atom is 0.326 e. The Morgan fingerprint density at radius 2 is 1.85 bits per heavy atom. The Labute approximate surface area is 118 Å². The van der Waals surface area contributed by atoms with Gasteiger partial charge in [0.1, 0.15) is 6.04 Å². The molecule has 0 saturated carbocycles. The molecule has 1 aliphatic rings. The van der Waals surface area contributed by atoms with Crippen LogP contribution >= 0.6 is 0 Å². The molecular weight excluding hydrogens is 256 g/mol. The van der Waals surface area contributed by atoms with E-state index < -0.39 is 12.0 Å². The van der Waals surface area contributed by atoms with Crippen LogP contribution < -0.4 is 11.1 Å². The fourth-order valence-electron chi connectivity index (χ4n) is 1.71. The number of rotatable bonds is 7. The van der Waals surface area contributed by atoms with E-state index in [9.17, 15) is 9.59 Å². The topological polar surface area (TPSA) is 92.4 Å². The monoisotopic (exact) mass is 276 g/mol. The molecule has 0 radical (unpaired) electrons. The van der Waals surface area contributed by atoms with Crippen molar-refractivity contribution in [1.82, 2.24) is 5.32 Å². The highest BCUT2D eigenvalue weighted by molar-refractivity contribution is 5.98. The summed E-state index contributed by atoms with van der Waals surface area (Å²) in [5.74, 6) is -1.41. The number of hydrogen-bond donors (Lipinski definition) is 3. The zero-order valence-electron chi connectivity index (χ0n) is 11.3. The fraction of sp³-hybridized carbons (Fsp3) is 0.333. The Bertz CT molecular complexity index is 462. The van der Waals surface area contributed by atoms with Gasteiger partial charge < -0.3 is 16.2 Å². The molecular formula is C15H20N2O3. The number of allylic oxidation sites excluding steroid dienone is 6. The number of carbonyl (C=O) groups is 2. The Morgan fingerprint density at radius 3 is 2.55 bits per heavy atom. The van der Waals surface area contributed by atoms with E-state index in [-0.39, 0.29) is 5.91 Å². The number of amides is 1. The smallest absolute Gasteiger partial charge is 0.326 e. The molecule has 0 heterocycles. The van der Waals surface area contributed by atoms with Gasteiger partial charge in [-0.1, -0.05) is 30.4 Å². The molecule has 20 heavy (non-hydrogen) atoms. The fourth-order valence-corrected chi connectivity index (χ4v) is 1.71. The van der Waals surface area contributed by atoms with E-state index >= 15 is 0 Å². The van der Waals surface area contributed by atoms with Gasteiger partial charge in [0.25, 0.3) is 5.91 Å². The molecule has 1 aliphatic carbocycles. The molecule has 1 rings (SSSR count). The Balaban J connectivity index is 2.63. The van der Waals surface area contributed by atoms with E-state index in [1.165, 1.54) is 0 Å². The van der Waals surface area contributed by atoms with Gasteiger partial charge in [-0.2, -0.15) is 0 Å². The van der Waals surface area contributed by atoms with Crippen LogP contribution in [-0.4, -0.2) is 29.6 Å². The van der Waals surface area contributed by atoms with Gasteiger partial charge in [0.05, 0.1) is 0 Å². The van der Waals surface area contributed by atoms with Crippen LogP contribution in [0.25, 0.3) is 0 Å². The lowest BCUT2D eigenvalue weighted by Gasteiger charge is -2.14. The van der Waals surface area contributed by atoms with Crippen molar-refractivity contribution < 1.29 is 14.7 Å². The summed E-state index contributed by atoms with van der Waals surface area (Å²) in [6, 6.07) is -0.881. The van der Waals surface area contributed by atoms with Crippen LogP contribution in [0.4, 0.5) is 0 Å². The van der Waals surface area contributed by atoms with E-state index in [0.717, 1.165) is 6.42 Å². The van der Waals surface area contributed by atoms with Crippen LogP contribution in [0.1, 0.15) is 19.3 Å². The highest BCUT2D eigenvalue weighted by Gasteiger charge is 2.20. The molecule has 5 nitrogen and oxygen atoms in total. The van der Waals surface area contributed by atoms with Crippen molar-refractivity contribution >= 4 is 11.9 Å². The highest BCUT2D eigenvalue weighted by Crippen LogP contribution is 2.06. The summed E-state index contributed by atoms with van der Waals surface area (Å²) in [4.78, 5) is 23.2. The largest absolute Gasteiger partial charge is 0.480 e. The number of aliphatic carboxylic acids is 1. The van der Waals surface area contributed by atoms with E-state index in [1.54, 1.807) is 36.5 Å². The van der Waals surface area contributed by atoms with Gasteiger partial charge in [0.15, 0.2) is 0 Å². The average molecular weight is 276 g/mol. The molecule has 5 heteroatoms. The molecule has 0 bridgehead atoms. The van der Waals surface area contributed by atoms with E-state index in [4.69, 9.17) is 10.8 Å². The predicted octanol–water partition coefficient (Wildman–Crippen LogP) is 1.29. The van der Waals surface area contributed by atoms with Gasteiger partial charge >= 0.3 is 5.97 Å². The molecule has 1 atom stereocenters. The number of unbranched alkanes of at least 4 members (excludes halogenated alkanes) is 1. The van der Waals surface area contributed by atoms with Crippen LogP contribution in [0, 0.1) is 0 Å². The van der Waals surface area contributed by atoms with E-state index in [2.05, 4.69) is 5.32 Å². The van der Waals surface area contributed by atoms with Crippen LogP contribution in [0.5, 0.6) is 0 Å². The first kappa shape index (κ1) is 15.9. The second-order valence-corrected chi connectivity index (χ2v) is 4.40. The zero-order valence-corrected chi connectivity index (χ0v) is 11.3. The highest BCUT2D eigenvalue weighted by atomic mass is 16.4. The molecule has 0 saturated heterocycles. The Morgan fingerprint density at radius 1 is 1.15 bits per heavy atom. The van der Waals surface area contributed by atoms with Crippen molar-refractivity contribution in [2.45, 2.75) is 25.3 Å². The minimum atomic E-state index is -1.03. The van der Waals surface area contributed by atoms with Crippen LogP contribution in [-0.2, 0) is 9.59 Å². The Hall–Kier alpha value is -2.14.